The molecular formula is C17H18N2O3S. The fraction of sp³-hybridized carbons (Fsp3) is 0.235. The maximum absolute atomic E-state index is 11.7. The number of carbonyl (C=O) groups excluding carboxylic acids is 1. The molecule has 0 unspecified atom stereocenters. The fourth-order valence-electron chi connectivity index (χ4n) is 2.64. The molecule has 1 atom stereocenters. The van der Waals surface area contributed by atoms with Gasteiger partial charge in [0.2, 0.25) is 0 Å². The van der Waals surface area contributed by atoms with E-state index in [2.05, 4.69) is 10.6 Å². The van der Waals surface area contributed by atoms with Gasteiger partial charge in [-0.25, -0.2) is 8.42 Å². The number of sulfone groups is 1. The van der Waals surface area contributed by atoms with Gasteiger partial charge in [0, 0.05) is 30.1 Å². The van der Waals surface area contributed by atoms with Gasteiger partial charge in [-0.1, -0.05) is 18.2 Å². The highest BCUT2D eigenvalue weighted by Crippen LogP contribution is 2.24. The van der Waals surface area contributed by atoms with Crippen LogP contribution in [0.2, 0.25) is 0 Å². The van der Waals surface area contributed by atoms with E-state index in [-0.39, 0.29) is 11.9 Å². The number of hydrogen-bond acceptors (Lipinski definition) is 4. The Kier molecular flexibility index (Phi) is 3.85. The average Bonchev–Trinajstić information content (AvgIpc) is 2.88. The van der Waals surface area contributed by atoms with Crippen LogP contribution in [0.5, 0.6) is 0 Å². The molecule has 1 aliphatic rings. The number of fused-ring (bicyclic) bond motifs is 1. The summed E-state index contributed by atoms with van der Waals surface area (Å²) in [6.45, 7) is 2.57. The summed E-state index contributed by atoms with van der Waals surface area (Å²) in [5.41, 5.74) is 3.54. The molecule has 23 heavy (non-hydrogen) atoms. The van der Waals surface area contributed by atoms with Gasteiger partial charge in [0.25, 0.3) is 5.91 Å². The highest BCUT2D eigenvalue weighted by atomic mass is 32.2. The number of carbonyl (C=O) groups is 1. The third kappa shape index (κ3) is 3.22. The van der Waals surface area contributed by atoms with E-state index in [1.807, 2.05) is 25.1 Å². The van der Waals surface area contributed by atoms with E-state index in [0.29, 0.717) is 17.0 Å². The van der Waals surface area contributed by atoms with Crippen LogP contribution in [0.15, 0.2) is 47.4 Å². The zero-order chi connectivity index (χ0) is 16.6. The van der Waals surface area contributed by atoms with Gasteiger partial charge in [-0.05, 0) is 42.3 Å². The third-order valence-electron chi connectivity index (χ3n) is 3.99. The van der Waals surface area contributed by atoms with Crippen LogP contribution in [0.4, 0.5) is 5.69 Å². The number of amides is 1. The van der Waals surface area contributed by atoms with E-state index in [9.17, 15) is 13.2 Å². The van der Waals surface area contributed by atoms with Crippen molar-refractivity contribution in [2.45, 2.75) is 24.4 Å². The van der Waals surface area contributed by atoms with Crippen LogP contribution in [0.3, 0.4) is 0 Å². The topological polar surface area (TPSA) is 75.3 Å². The molecule has 1 amide bonds. The van der Waals surface area contributed by atoms with Crippen molar-refractivity contribution in [3.05, 3.63) is 59.2 Å². The first-order valence-electron chi connectivity index (χ1n) is 7.32. The Hall–Kier alpha value is -2.34. The summed E-state index contributed by atoms with van der Waals surface area (Å²) in [5.74, 6) is -0.0474. The predicted octanol–water partition coefficient (Wildman–Crippen LogP) is 2.51. The average molecular weight is 330 g/mol. The predicted molar refractivity (Wildman–Crippen MR) is 89.2 cm³/mol. The lowest BCUT2D eigenvalue weighted by Gasteiger charge is -2.16. The molecule has 1 heterocycles. The van der Waals surface area contributed by atoms with Crippen molar-refractivity contribution in [3.8, 4) is 0 Å². The second-order valence-electron chi connectivity index (χ2n) is 5.76. The monoisotopic (exact) mass is 330 g/mol. The van der Waals surface area contributed by atoms with E-state index < -0.39 is 9.84 Å². The summed E-state index contributed by atoms with van der Waals surface area (Å²) in [4.78, 5) is 12.0. The Morgan fingerprint density at radius 2 is 1.83 bits per heavy atom. The second-order valence-corrected chi connectivity index (χ2v) is 7.78. The lowest BCUT2D eigenvalue weighted by atomic mass is 10.1. The Bertz CT molecular complexity index is 858. The summed E-state index contributed by atoms with van der Waals surface area (Å²) in [6, 6.07) is 12.5. The van der Waals surface area contributed by atoms with E-state index >= 15 is 0 Å². The molecule has 0 bridgehead atoms. The molecule has 0 saturated carbocycles. The standard InChI is InChI=1S/C17H18N2O3S/c1-11(12-4-7-15(8-5-12)23(2,21)22)19-14-6-3-13-10-18-17(20)16(13)9-14/h3-9,11,19H,10H2,1-2H3,(H,18,20)/t11-/m1/s1. The molecule has 120 valence electrons. The number of rotatable bonds is 4. The van der Waals surface area contributed by atoms with Gasteiger partial charge < -0.3 is 10.6 Å². The molecule has 0 aromatic heterocycles. The van der Waals surface area contributed by atoms with Gasteiger partial charge in [0.1, 0.15) is 0 Å². The molecule has 2 aromatic carbocycles. The van der Waals surface area contributed by atoms with E-state index in [1.54, 1.807) is 24.3 Å². The van der Waals surface area contributed by atoms with Crippen LogP contribution >= 0.6 is 0 Å². The van der Waals surface area contributed by atoms with Crippen molar-refractivity contribution in [2.75, 3.05) is 11.6 Å². The molecule has 0 saturated heterocycles. The van der Waals surface area contributed by atoms with E-state index in [1.165, 1.54) is 6.26 Å². The SMILES string of the molecule is C[C@@H](Nc1ccc2c(c1)C(=O)NC2)c1ccc(S(C)(=O)=O)cc1. The smallest absolute Gasteiger partial charge is 0.251 e. The van der Waals surface area contributed by atoms with Gasteiger partial charge in [-0.15, -0.1) is 0 Å². The molecule has 3 rings (SSSR count). The lowest BCUT2D eigenvalue weighted by Crippen LogP contribution is -2.12. The summed E-state index contributed by atoms with van der Waals surface area (Å²) < 4.78 is 23.0. The van der Waals surface area contributed by atoms with Crippen LogP contribution in [0.1, 0.15) is 34.5 Å². The van der Waals surface area contributed by atoms with Gasteiger partial charge in [-0.3, -0.25) is 4.79 Å². The number of nitrogens with one attached hydrogen (secondary N) is 2. The lowest BCUT2D eigenvalue weighted by molar-refractivity contribution is 0.0966. The van der Waals surface area contributed by atoms with Gasteiger partial charge in [0.05, 0.1) is 4.90 Å². The molecule has 6 heteroatoms. The molecule has 0 aliphatic carbocycles. The first kappa shape index (κ1) is 15.6. The van der Waals surface area contributed by atoms with E-state index in [4.69, 9.17) is 0 Å². The zero-order valence-corrected chi connectivity index (χ0v) is 13.8. The molecule has 0 spiro atoms. The van der Waals surface area contributed by atoms with Gasteiger partial charge in [0.15, 0.2) is 9.84 Å². The Labute approximate surface area is 135 Å². The minimum absolute atomic E-state index is 0.00822. The van der Waals surface area contributed by atoms with Crippen molar-refractivity contribution in [2.24, 2.45) is 0 Å². The Morgan fingerprint density at radius 1 is 1.13 bits per heavy atom. The third-order valence-corrected chi connectivity index (χ3v) is 5.11. The first-order valence-corrected chi connectivity index (χ1v) is 9.21. The van der Waals surface area contributed by atoms with Crippen LogP contribution in [0, 0.1) is 0 Å². The Balaban J connectivity index is 1.78. The minimum Gasteiger partial charge on any atom is -0.379 e. The maximum atomic E-state index is 11.7. The molecule has 5 nitrogen and oxygen atoms in total. The van der Waals surface area contributed by atoms with E-state index in [0.717, 1.165) is 16.8 Å². The van der Waals surface area contributed by atoms with Crippen molar-refractivity contribution in [1.29, 1.82) is 0 Å². The van der Waals surface area contributed by atoms with Crippen LogP contribution in [-0.4, -0.2) is 20.6 Å². The van der Waals surface area contributed by atoms with Crippen LogP contribution in [-0.2, 0) is 16.4 Å². The van der Waals surface area contributed by atoms with Crippen molar-refractivity contribution >= 4 is 21.4 Å². The van der Waals surface area contributed by atoms with Crippen LogP contribution in [0.25, 0.3) is 0 Å². The molecular weight excluding hydrogens is 312 g/mol. The number of hydrogen-bond donors (Lipinski definition) is 2. The maximum Gasteiger partial charge on any atom is 0.251 e. The van der Waals surface area contributed by atoms with Gasteiger partial charge in [-0.2, -0.15) is 0 Å². The zero-order valence-electron chi connectivity index (χ0n) is 13.0. The highest BCUT2D eigenvalue weighted by molar-refractivity contribution is 7.90. The summed E-state index contributed by atoms with van der Waals surface area (Å²) >= 11 is 0. The summed E-state index contributed by atoms with van der Waals surface area (Å²) in [6.07, 6.45) is 1.19. The van der Waals surface area contributed by atoms with Gasteiger partial charge >= 0.3 is 0 Å². The normalized spacial score (nSPS) is 15.0. The summed E-state index contributed by atoms with van der Waals surface area (Å²) in [5, 5.41) is 6.13. The molecule has 2 aromatic rings. The summed E-state index contributed by atoms with van der Waals surface area (Å²) in [7, 11) is -3.18. The largest absolute Gasteiger partial charge is 0.379 e. The number of benzene rings is 2. The quantitative estimate of drug-likeness (QED) is 0.903. The molecule has 0 fully saturated rings. The highest BCUT2D eigenvalue weighted by Gasteiger charge is 2.19. The molecule has 0 radical (unpaired) electrons. The Morgan fingerprint density at radius 3 is 2.48 bits per heavy atom. The van der Waals surface area contributed by atoms with Crippen LogP contribution < -0.4 is 10.6 Å². The first-order chi connectivity index (χ1) is 10.8. The molecule has 1 aliphatic heterocycles. The molecule has 2 N–H and O–H groups in total. The van der Waals surface area contributed by atoms with Crippen molar-refractivity contribution < 1.29 is 13.2 Å². The number of anilines is 1. The second kappa shape index (κ2) is 5.70. The fourth-order valence-corrected chi connectivity index (χ4v) is 3.27. The minimum atomic E-state index is -3.18. The van der Waals surface area contributed by atoms with Crippen molar-refractivity contribution in [3.63, 3.8) is 0 Å². The van der Waals surface area contributed by atoms with Crippen molar-refractivity contribution in [1.82, 2.24) is 5.32 Å².